The van der Waals surface area contributed by atoms with Crippen LogP contribution in [0.3, 0.4) is 0 Å². The van der Waals surface area contributed by atoms with Crippen LogP contribution in [0.5, 0.6) is 0 Å². The summed E-state index contributed by atoms with van der Waals surface area (Å²) in [6, 6.07) is 18.5. The number of ketones is 1. The molecule has 0 aliphatic heterocycles. The van der Waals surface area contributed by atoms with E-state index in [9.17, 15) is 4.79 Å². The van der Waals surface area contributed by atoms with E-state index in [1.54, 1.807) is 0 Å². The number of hydrogen-bond acceptors (Lipinski definition) is 2. The summed E-state index contributed by atoms with van der Waals surface area (Å²) in [5, 5.41) is 0.411. The number of carbonyl (C=O) groups excluding carboxylic acids is 1. The summed E-state index contributed by atoms with van der Waals surface area (Å²) in [7, 11) is 0. The van der Waals surface area contributed by atoms with E-state index in [-0.39, 0.29) is 5.78 Å². The monoisotopic (exact) mass is 284 g/mol. The quantitative estimate of drug-likeness (QED) is 0.513. The number of thioether (sulfide) groups is 1. The molecule has 0 amide bonds. The Hall–Kier alpha value is -1.54. The molecule has 0 aromatic heterocycles. The number of benzene rings is 2. The third-order valence-electron chi connectivity index (χ3n) is 3.24. The summed E-state index contributed by atoms with van der Waals surface area (Å²) < 4.78 is 0. The minimum atomic E-state index is 0.236. The van der Waals surface area contributed by atoms with Crippen molar-refractivity contribution < 1.29 is 4.79 Å². The molecule has 0 radical (unpaired) electrons. The topological polar surface area (TPSA) is 17.1 Å². The predicted molar refractivity (Wildman–Crippen MR) is 86.4 cm³/mol. The molecule has 0 bridgehead atoms. The number of hydrogen-bond donors (Lipinski definition) is 0. The molecule has 20 heavy (non-hydrogen) atoms. The highest BCUT2D eigenvalue weighted by Crippen LogP contribution is 2.34. The lowest BCUT2D eigenvalue weighted by Gasteiger charge is -2.11. The van der Waals surface area contributed by atoms with Crippen molar-refractivity contribution in [3.05, 3.63) is 65.7 Å². The molecule has 0 aliphatic rings. The Balaban J connectivity index is 2.02. The lowest BCUT2D eigenvalue weighted by atomic mass is 10.1. The molecule has 0 fully saturated rings. The van der Waals surface area contributed by atoms with Crippen molar-refractivity contribution in [3.8, 4) is 0 Å². The van der Waals surface area contributed by atoms with Gasteiger partial charge in [0.2, 0.25) is 0 Å². The van der Waals surface area contributed by atoms with Gasteiger partial charge < -0.3 is 0 Å². The minimum Gasteiger partial charge on any atom is -0.294 e. The Labute approximate surface area is 125 Å². The molecule has 0 N–H and O–H groups in total. The van der Waals surface area contributed by atoms with Gasteiger partial charge in [0.25, 0.3) is 0 Å². The summed E-state index contributed by atoms with van der Waals surface area (Å²) in [5.41, 5.74) is 2.15. The van der Waals surface area contributed by atoms with E-state index in [1.165, 1.54) is 10.5 Å². The smallest absolute Gasteiger partial charge is 0.162 e. The van der Waals surface area contributed by atoms with Gasteiger partial charge in [-0.15, -0.1) is 11.8 Å². The molecule has 1 nitrogen and oxygen atoms in total. The number of carbonyl (C=O) groups is 1. The van der Waals surface area contributed by atoms with Gasteiger partial charge in [-0.05, 0) is 31.0 Å². The number of Topliss-reactive ketones (excluding diaryl/α,β-unsaturated/α-hetero) is 1. The second kappa shape index (κ2) is 7.30. The molecule has 1 atom stereocenters. The number of rotatable bonds is 6. The average molecular weight is 284 g/mol. The molecule has 104 valence electrons. The molecule has 0 spiro atoms. The second-order valence-electron chi connectivity index (χ2n) is 4.87. The van der Waals surface area contributed by atoms with Gasteiger partial charge in [-0.3, -0.25) is 4.79 Å². The zero-order valence-electron chi connectivity index (χ0n) is 12.0. The zero-order chi connectivity index (χ0) is 14.4. The zero-order valence-corrected chi connectivity index (χ0v) is 12.8. The Morgan fingerprint density at radius 1 is 1.05 bits per heavy atom. The van der Waals surface area contributed by atoms with E-state index in [1.807, 2.05) is 49.0 Å². The van der Waals surface area contributed by atoms with Crippen LogP contribution in [0.25, 0.3) is 0 Å². The second-order valence-corrected chi connectivity index (χ2v) is 6.28. The molecule has 1 unspecified atom stereocenters. The molecule has 2 heteroatoms. The molecule has 0 aliphatic carbocycles. The molecule has 0 saturated carbocycles. The van der Waals surface area contributed by atoms with Gasteiger partial charge >= 0.3 is 0 Å². The highest BCUT2D eigenvalue weighted by atomic mass is 32.2. The summed E-state index contributed by atoms with van der Waals surface area (Å²) >= 11 is 1.82. The maximum absolute atomic E-state index is 11.8. The van der Waals surface area contributed by atoms with Crippen LogP contribution >= 0.6 is 11.8 Å². The average Bonchev–Trinajstić information content (AvgIpc) is 2.49. The minimum absolute atomic E-state index is 0.236. The molecule has 2 aromatic carbocycles. The normalized spacial score (nSPS) is 12.1. The third-order valence-corrected chi connectivity index (χ3v) is 4.41. The van der Waals surface area contributed by atoms with Crippen molar-refractivity contribution in [2.45, 2.75) is 36.8 Å². The van der Waals surface area contributed by atoms with E-state index in [4.69, 9.17) is 0 Å². The van der Waals surface area contributed by atoms with Crippen LogP contribution in [-0.2, 0) is 0 Å². The highest BCUT2D eigenvalue weighted by molar-refractivity contribution is 7.99. The third kappa shape index (κ3) is 3.97. The van der Waals surface area contributed by atoms with Gasteiger partial charge in [0.05, 0.1) is 0 Å². The first-order valence-corrected chi connectivity index (χ1v) is 7.93. The van der Waals surface area contributed by atoms with Crippen LogP contribution < -0.4 is 0 Å². The van der Waals surface area contributed by atoms with E-state index in [0.717, 1.165) is 12.0 Å². The fraction of sp³-hybridized carbons (Fsp3) is 0.278. The van der Waals surface area contributed by atoms with Gasteiger partial charge in [0, 0.05) is 22.1 Å². The Kier molecular flexibility index (Phi) is 5.42. The van der Waals surface area contributed by atoms with Gasteiger partial charge in [0.15, 0.2) is 5.78 Å². The fourth-order valence-electron chi connectivity index (χ4n) is 2.09. The van der Waals surface area contributed by atoms with Crippen molar-refractivity contribution in [2.24, 2.45) is 0 Å². The van der Waals surface area contributed by atoms with Crippen molar-refractivity contribution in [1.29, 1.82) is 0 Å². The van der Waals surface area contributed by atoms with Crippen molar-refractivity contribution in [2.75, 3.05) is 0 Å². The molecule has 0 saturated heterocycles. The first kappa shape index (κ1) is 14.9. The van der Waals surface area contributed by atoms with Gasteiger partial charge in [-0.25, -0.2) is 0 Å². The first-order chi connectivity index (χ1) is 9.70. The SMILES string of the molecule is CCCC(=O)c1ccc(SC(C)c2ccccc2)cc1. The summed E-state index contributed by atoms with van der Waals surface area (Å²) in [4.78, 5) is 13.0. The first-order valence-electron chi connectivity index (χ1n) is 7.05. The molecule has 2 rings (SSSR count). The van der Waals surface area contributed by atoms with Crippen molar-refractivity contribution >= 4 is 17.5 Å². The fourth-order valence-corrected chi connectivity index (χ4v) is 3.08. The van der Waals surface area contributed by atoms with Crippen LogP contribution in [0, 0.1) is 0 Å². The maximum Gasteiger partial charge on any atom is 0.162 e. The van der Waals surface area contributed by atoms with E-state index in [0.29, 0.717) is 11.7 Å². The standard InChI is InChI=1S/C18H20OS/c1-3-7-18(19)16-10-12-17(13-11-16)20-14(2)15-8-5-4-6-9-15/h4-6,8-14H,3,7H2,1-2H3. The predicted octanol–water partition coefficient (Wildman–Crippen LogP) is 5.52. The van der Waals surface area contributed by atoms with Gasteiger partial charge in [-0.2, -0.15) is 0 Å². The van der Waals surface area contributed by atoms with Crippen molar-refractivity contribution in [1.82, 2.24) is 0 Å². The largest absolute Gasteiger partial charge is 0.294 e. The van der Waals surface area contributed by atoms with Crippen molar-refractivity contribution in [3.63, 3.8) is 0 Å². The molecule has 2 aromatic rings. The van der Waals surface area contributed by atoms with Crippen LogP contribution in [0.15, 0.2) is 59.5 Å². The van der Waals surface area contributed by atoms with Crippen LogP contribution in [0.1, 0.15) is 47.9 Å². The summed E-state index contributed by atoms with van der Waals surface area (Å²) in [6.45, 7) is 4.24. The van der Waals surface area contributed by atoms with Gasteiger partial charge in [-0.1, -0.05) is 49.4 Å². The lowest BCUT2D eigenvalue weighted by molar-refractivity contribution is 0.0981. The molecular formula is C18H20OS. The van der Waals surface area contributed by atoms with Crippen LogP contribution in [0.2, 0.25) is 0 Å². The van der Waals surface area contributed by atoms with Gasteiger partial charge in [0.1, 0.15) is 0 Å². The van der Waals surface area contributed by atoms with Crippen LogP contribution in [-0.4, -0.2) is 5.78 Å². The van der Waals surface area contributed by atoms with E-state index in [2.05, 4.69) is 31.2 Å². The van der Waals surface area contributed by atoms with E-state index >= 15 is 0 Å². The van der Waals surface area contributed by atoms with E-state index < -0.39 is 0 Å². The Morgan fingerprint density at radius 2 is 1.70 bits per heavy atom. The molecular weight excluding hydrogens is 264 g/mol. The summed E-state index contributed by atoms with van der Waals surface area (Å²) in [6.07, 6.45) is 1.54. The molecule has 0 heterocycles. The van der Waals surface area contributed by atoms with Crippen LogP contribution in [0.4, 0.5) is 0 Å². The summed E-state index contributed by atoms with van der Waals surface area (Å²) in [5.74, 6) is 0.236. The Morgan fingerprint density at radius 3 is 2.30 bits per heavy atom. The maximum atomic E-state index is 11.8. The Bertz CT molecular complexity index is 545. The lowest BCUT2D eigenvalue weighted by Crippen LogP contribution is -1.97. The highest BCUT2D eigenvalue weighted by Gasteiger charge is 2.08.